The van der Waals surface area contributed by atoms with E-state index in [1.807, 2.05) is 0 Å². The van der Waals surface area contributed by atoms with Crippen LogP contribution >= 0.6 is 11.6 Å². The number of anilines is 1. The molecule has 19 heavy (non-hydrogen) atoms. The van der Waals surface area contributed by atoms with Crippen LogP contribution in [-0.4, -0.2) is 36.0 Å². The van der Waals surface area contributed by atoms with Crippen LogP contribution in [0, 0.1) is 10.1 Å². The molecule has 0 amide bonds. The molecule has 1 fully saturated rings. The fourth-order valence-corrected chi connectivity index (χ4v) is 2.59. The Morgan fingerprint density at radius 3 is 3.00 bits per heavy atom. The van der Waals surface area contributed by atoms with Crippen LogP contribution in [0.3, 0.4) is 0 Å². The molecule has 0 radical (unpaired) electrons. The van der Waals surface area contributed by atoms with Gasteiger partial charge in [0.15, 0.2) is 0 Å². The van der Waals surface area contributed by atoms with Gasteiger partial charge in [-0.1, -0.05) is 18.0 Å². The summed E-state index contributed by atoms with van der Waals surface area (Å²) in [7, 11) is 2.12. The molecule has 1 aromatic rings. The van der Waals surface area contributed by atoms with Crippen molar-refractivity contribution in [3.63, 3.8) is 0 Å². The van der Waals surface area contributed by atoms with Gasteiger partial charge in [-0.3, -0.25) is 10.1 Å². The SMILES string of the molecule is CN1CCCCC1CNc1ccc(Cl)c([N+](=O)[O-])c1. The van der Waals surface area contributed by atoms with E-state index in [-0.39, 0.29) is 10.7 Å². The average molecular weight is 284 g/mol. The van der Waals surface area contributed by atoms with E-state index < -0.39 is 4.92 Å². The minimum Gasteiger partial charge on any atom is -0.383 e. The number of nitro groups is 1. The predicted octanol–water partition coefficient (Wildman–Crippen LogP) is 3.14. The van der Waals surface area contributed by atoms with Gasteiger partial charge in [-0.25, -0.2) is 0 Å². The molecule has 1 aliphatic heterocycles. The van der Waals surface area contributed by atoms with Crippen molar-refractivity contribution in [1.82, 2.24) is 4.90 Å². The number of halogens is 1. The maximum Gasteiger partial charge on any atom is 0.289 e. The molecule has 0 aliphatic carbocycles. The van der Waals surface area contributed by atoms with Crippen LogP contribution < -0.4 is 5.32 Å². The van der Waals surface area contributed by atoms with E-state index in [0.717, 1.165) is 18.8 Å². The predicted molar refractivity (Wildman–Crippen MR) is 76.9 cm³/mol. The number of benzene rings is 1. The largest absolute Gasteiger partial charge is 0.383 e. The fraction of sp³-hybridized carbons (Fsp3) is 0.538. The van der Waals surface area contributed by atoms with Crippen molar-refractivity contribution in [3.05, 3.63) is 33.3 Å². The molecule has 1 aliphatic rings. The van der Waals surface area contributed by atoms with Crippen LogP contribution in [0.15, 0.2) is 18.2 Å². The lowest BCUT2D eigenvalue weighted by atomic mass is 10.0. The van der Waals surface area contributed by atoms with Crippen LogP contribution in [0.25, 0.3) is 0 Å². The zero-order valence-corrected chi connectivity index (χ0v) is 11.7. The normalized spacial score (nSPS) is 20.2. The van der Waals surface area contributed by atoms with E-state index in [1.54, 1.807) is 12.1 Å². The molecule has 0 aromatic heterocycles. The van der Waals surface area contributed by atoms with Crippen molar-refractivity contribution in [2.45, 2.75) is 25.3 Å². The lowest BCUT2D eigenvalue weighted by Crippen LogP contribution is -2.40. The van der Waals surface area contributed by atoms with Crippen molar-refractivity contribution in [2.24, 2.45) is 0 Å². The number of nitrogens with zero attached hydrogens (tertiary/aromatic N) is 2. The number of likely N-dealkylation sites (tertiary alicyclic amines) is 1. The van der Waals surface area contributed by atoms with E-state index in [1.165, 1.54) is 25.3 Å². The average Bonchev–Trinajstić information content (AvgIpc) is 2.39. The van der Waals surface area contributed by atoms with E-state index in [4.69, 9.17) is 11.6 Å². The Kier molecular flexibility index (Phi) is 4.61. The van der Waals surface area contributed by atoms with Gasteiger partial charge in [-0.05, 0) is 38.6 Å². The summed E-state index contributed by atoms with van der Waals surface area (Å²) in [6.07, 6.45) is 3.66. The number of likely N-dealkylation sites (N-methyl/N-ethyl adjacent to an activating group) is 1. The molecule has 0 saturated carbocycles. The molecule has 1 unspecified atom stereocenters. The Hall–Kier alpha value is -1.33. The molecule has 2 rings (SSSR count). The van der Waals surface area contributed by atoms with Crippen molar-refractivity contribution < 1.29 is 4.92 Å². The number of hydrogen-bond donors (Lipinski definition) is 1. The van der Waals surface area contributed by atoms with Crippen LogP contribution in [0.4, 0.5) is 11.4 Å². The molecule has 0 spiro atoms. The first-order valence-electron chi connectivity index (χ1n) is 6.46. The van der Waals surface area contributed by atoms with Crippen molar-refractivity contribution in [3.8, 4) is 0 Å². The van der Waals surface area contributed by atoms with Crippen molar-refractivity contribution >= 4 is 23.0 Å². The lowest BCUT2D eigenvalue weighted by molar-refractivity contribution is -0.384. The Morgan fingerprint density at radius 2 is 2.32 bits per heavy atom. The fourth-order valence-electron chi connectivity index (χ4n) is 2.40. The van der Waals surface area contributed by atoms with Gasteiger partial charge in [0.25, 0.3) is 5.69 Å². The Morgan fingerprint density at radius 1 is 1.53 bits per heavy atom. The maximum absolute atomic E-state index is 10.8. The van der Waals surface area contributed by atoms with Gasteiger partial charge in [-0.15, -0.1) is 0 Å². The van der Waals surface area contributed by atoms with E-state index in [9.17, 15) is 10.1 Å². The van der Waals surface area contributed by atoms with Gasteiger partial charge in [-0.2, -0.15) is 0 Å². The van der Waals surface area contributed by atoms with Gasteiger partial charge >= 0.3 is 0 Å². The van der Waals surface area contributed by atoms with E-state index >= 15 is 0 Å². The molecule has 1 heterocycles. The van der Waals surface area contributed by atoms with Crippen molar-refractivity contribution in [1.29, 1.82) is 0 Å². The zero-order chi connectivity index (χ0) is 13.8. The first-order chi connectivity index (χ1) is 9.08. The quantitative estimate of drug-likeness (QED) is 0.681. The highest BCUT2D eigenvalue weighted by Crippen LogP contribution is 2.27. The highest BCUT2D eigenvalue weighted by Gasteiger charge is 2.19. The highest BCUT2D eigenvalue weighted by molar-refractivity contribution is 6.32. The number of nitrogens with one attached hydrogen (secondary N) is 1. The van der Waals surface area contributed by atoms with Gasteiger partial charge in [0, 0.05) is 24.3 Å². The van der Waals surface area contributed by atoms with Crippen molar-refractivity contribution in [2.75, 3.05) is 25.5 Å². The van der Waals surface area contributed by atoms with Crippen LogP contribution in [-0.2, 0) is 0 Å². The Labute approximate surface area is 117 Å². The molecule has 104 valence electrons. The van der Waals surface area contributed by atoms with Crippen LogP contribution in [0.1, 0.15) is 19.3 Å². The zero-order valence-electron chi connectivity index (χ0n) is 10.9. The minimum atomic E-state index is -0.458. The standard InChI is InChI=1S/C13H18ClN3O2/c1-16-7-3-2-4-11(16)9-15-10-5-6-12(14)13(8-10)17(18)19/h5-6,8,11,15H,2-4,7,9H2,1H3. The summed E-state index contributed by atoms with van der Waals surface area (Å²) < 4.78 is 0. The topological polar surface area (TPSA) is 58.4 Å². The molecule has 1 N–H and O–H groups in total. The Bertz CT molecular complexity index is 467. The summed E-state index contributed by atoms with van der Waals surface area (Å²) >= 11 is 5.79. The summed E-state index contributed by atoms with van der Waals surface area (Å²) in [5.74, 6) is 0. The van der Waals surface area contributed by atoms with Gasteiger partial charge in [0.05, 0.1) is 4.92 Å². The molecule has 1 aromatic carbocycles. The summed E-state index contributed by atoms with van der Waals surface area (Å²) in [6, 6.07) is 5.32. The molecule has 6 heteroatoms. The van der Waals surface area contributed by atoms with E-state index in [0.29, 0.717) is 6.04 Å². The molecular formula is C13H18ClN3O2. The summed E-state index contributed by atoms with van der Waals surface area (Å²) in [5, 5.41) is 14.3. The summed E-state index contributed by atoms with van der Waals surface area (Å²) in [6.45, 7) is 1.92. The van der Waals surface area contributed by atoms with E-state index in [2.05, 4.69) is 17.3 Å². The lowest BCUT2D eigenvalue weighted by Gasteiger charge is -2.32. The highest BCUT2D eigenvalue weighted by atomic mass is 35.5. The first-order valence-corrected chi connectivity index (χ1v) is 6.84. The molecular weight excluding hydrogens is 266 g/mol. The third kappa shape index (κ3) is 3.58. The van der Waals surface area contributed by atoms with Gasteiger partial charge in [0.2, 0.25) is 0 Å². The van der Waals surface area contributed by atoms with Gasteiger partial charge < -0.3 is 10.2 Å². The second kappa shape index (κ2) is 6.21. The summed E-state index contributed by atoms with van der Waals surface area (Å²) in [4.78, 5) is 12.7. The Balaban J connectivity index is 1.99. The molecule has 1 saturated heterocycles. The third-order valence-corrected chi connectivity index (χ3v) is 3.93. The summed E-state index contributed by atoms with van der Waals surface area (Å²) in [5.41, 5.74) is 0.693. The monoisotopic (exact) mass is 283 g/mol. The molecule has 0 bridgehead atoms. The molecule has 1 atom stereocenters. The van der Waals surface area contributed by atoms with Crippen LogP contribution in [0.2, 0.25) is 5.02 Å². The second-order valence-corrected chi connectivity index (χ2v) is 5.34. The first kappa shape index (κ1) is 14.1. The molecule has 5 nitrogen and oxygen atoms in total. The van der Waals surface area contributed by atoms with Crippen LogP contribution in [0.5, 0.6) is 0 Å². The third-order valence-electron chi connectivity index (χ3n) is 3.61. The number of piperidine rings is 1. The second-order valence-electron chi connectivity index (χ2n) is 4.93. The number of hydrogen-bond acceptors (Lipinski definition) is 4. The van der Waals surface area contributed by atoms with Gasteiger partial charge in [0.1, 0.15) is 5.02 Å². The number of rotatable bonds is 4. The maximum atomic E-state index is 10.8. The number of nitro benzene ring substituents is 1. The smallest absolute Gasteiger partial charge is 0.289 e. The minimum absolute atomic E-state index is 0.0522.